The molecule has 0 atom stereocenters. The molecule has 0 radical (unpaired) electrons. The lowest BCUT2D eigenvalue weighted by Gasteiger charge is -2.15. The highest BCUT2D eigenvalue weighted by Crippen LogP contribution is 2.41. The van der Waals surface area contributed by atoms with Gasteiger partial charge in [0.05, 0.1) is 33.1 Å². The Kier molecular flexibility index (Phi) is 9.01. The van der Waals surface area contributed by atoms with Crippen molar-refractivity contribution in [2.24, 2.45) is 0 Å². The molecule has 0 fully saturated rings. The fourth-order valence-corrected chi connectivity index (χ4v) is 10.2. The van der Waals surface area contributed by atoms with Gasteiger partial charge >= 0.3 is 0 Å². The molecule has 304 valence electrons. The molecule has 8 aromatic carbocycles. The fourth-order valence-electron chi connectivity index (χ4n) is 10.2. The SMILES string of the molecule is C=C/C(=C\C=C/C)n1c2ccccc2c2cc(-n3c4ccccc4c4cc(-c5ccc6c(c5)c5ccccc5n6-c5cc(C6=CCCC=C6)cc(-c6ccccc6)c5)ccc43)ccc21. The summed E-state index contributed by atoms with van der Waals surface area (Å²) in [6.07, 6.45) is 17.3. The van der Waals surface area contributed by atoms with Crippen molar-refractivity contribution >= 4 is 76.7 Å². The maximum Gasteiger partial charge on any atom is 0.0542 e. The first kappa shape index (κ1) is 37.6. The van der Waals surface area contributed by atoms with Crippen molar-refractivity contribution in [3.63, 3.8) is 0 Å². The fraction of sp³-hybridized carbons (Fsp3) is 0.0492. The van der Waals surface area contributed by atoms with E-state index in [9.17, 15) is 0 Å². The average molecular weight is 820 g/mol. The number of allylic oxidation sites excluding steroid dienone is 9. The summed E-state index contributed by atoms with van der Waals surface area (Å²) in [5.41, 5.74) is 17.8. The smallest absolute Gasteiger partial charge is 0.0542 e. The molecule has 0 amide bonds. The highest BCUT2D eigenvalue weighted by molar-refractivity contribution is 6.14. The third-order valence-corrected chi connectivity index (χ3v) is 13.1. The third kappa shape index (κ3) is 6.04. The lowest BCUT2D eigenvalue weighted by Crippen LogP contribution is -1.97. The number of aromatic nitrogens is 3. The zero-order chi connectivity index (χ0) is 42.7. The van der Waals surface area contributed by atoms with E-state index in [1.165, 1.54) is 93.5 Å². The van der Waals surface area contributed by atoms with Crippen LogP contribution >= 0.6 is 0 Å². The lowest BCUT2D eigenvalue weighted by molar-refractivity contribution is 1.04. The van der Waals surface area contributed by atoms with Crippen molar-refractivity contribution < 1.29 is 0 Å². The second kappa shape index (κ2) is 15.3. The van der Waals surface area contributed by atoms with Crippen LogP contribution < -0.4 is 0 Å². The number of hydrogen-bond donors (Lipinski definition) is 0. The summed E-state index contributed by atoms with van der Waals surface area (Å²) >= 11 is 0. The van der Waals surface area contributed by atoms with Crippen LogP contribution in [0.2, 0.25) is 0 Å². The van der Waals surface area contributed by atoms with Gasteiger partial charge in [-0.3, -0.25) is 0 Å². The van der Waals surface area contributed by atoms with Crippen LogP contribution in [-0.4, -0.2) is 13.7 Å². The number of nitrogens with zero attached hydrogens (tertiary/aromatic N) is 3. The first-order valence-electron chi connectivity index (χ1n) is 22.3. The molecule has 0 N–H and O–H groups in total. The van der Waals surface area contributed by atoms with E-state index in [-0.39, 0.29) is 0 Å². The highest BCUT2D eigenvalue weighted by Gasteiger charge is 2.19. The van der Waals surface area contributed by atoms with Crippen LogP contribution in [0.1, 0.15) is 25.3 Å². The largest absolute Gasteiger partial charge is 0.309 e. The van der Waals surface area contributed by atoms with E-state index in [0.717, 1.165) is 35.3 Å². The van der Waals surface area contributed by atoms with E-state index in [1.807, 2.05) is 13.0 Å². The van der Waals surface area contributed by atoms with Crippen molar-refractivity contribution in [1.82, 2.24) is 13.7 Å². The van der Waals surface area contributed by atoms with Crippen molar-refractivity contribution in [1.29, 1.82) is 0 Å². The Bertz CT molecular complexity index is 3800. The van der Waals surface area contributed by atoms with E-state index >= 15 is 0 Å². The molecule has 3 heterocycles. The second-order valence-electron chi connectivity index (χ2n) is 16.8. The maximum atomic E-state index is 4.18. The minimum absolute atomic E-state index is 1.04. The highest BCUT2D eigenvalue weighted by atomic mass is 15.0. The predicted molar refractivity (Wildman–Crippen MR) is 275 cm³/mol. The van der Waals surface area contributed by atoms with E-state index in [1.54, 1.807) is 0 Å². The van der Waals surface area contributed by atoms with Crippen LogP contribution in [0.4, 0.5) is 0 Å². The Morgan fingerprint density at radius 2 is 1.00 bits per heavy atom. The van der Waals surface area contributed by atoms with Crippen molar-refractivity contribution in [2.75, 3.05) is 0 Å². The molecule has 3 aromatic heterocycles. The molecule has 11 aromatic rings. The number of fused-ring (bicyclic) bond motifs is 9. The molecule has 64 heavy (non-hydrogen) atoms. The number of para-hydroxylation sites is 3. The summed E-state index contributed by atoms with van der Waals surface area (Å²) in [6, 6.07) is 65.1. The second-order valence-corrected chi connectivity index (χ2v) is 16.8. The summed E-state index contributed by atoms with van der Waals surface area (Å²) in [5, 5.41) is 7.39. The number of hydrogen-bond acceptors (Lipinski definition) is 0. The Morgan fingerprint density at radius 1 is 0.453 bits per heavy atom. The van der Waals surface area contributed by atoms with Gasteiger partial charge in [0, 0.05) is 49.4 Å². The van der Waals surface area contributed by atoms with Crippen molar-refractivity contribution in [3.8, 4) is 33.6 Å². The molecule has 0 saturated heterocycles. The Morgan fingerprint density at radius 3 is 1.64 bits per heavy atom. The monoisotopic (exact) mass is 819 g/mol. The molecule has 0 spiro atoms. The van der Waals surface area contributed by atoms with Gasteiger partial charge in [-0.25, -0.2) is 0 Å². The molecular weight excluding hydrogens is 775 g/mol. The van der Waals surface area contributed by atoms with E-state index < -0.39 is 0 Å². The summed E-state index contributed by atoms with van der Waals surface area (Å²) in [4.78, 5) is 0. The van der Waals surface area contributed by atoms with E-state index in [2.05, 4.69) is 233 Å². The summed E-state index contributed by atoms with van der Waals surface area (Å²) < 4.78 is 7.21. The van der Waals surface area contributed by atoms with Gasteiger partial charge in [-0.1, -0.05) is 134 Å². The van der Waals surface area contributed by atoms with E-state index in [4.69, 9.17) is 0 Å². The molecule has 3 nitrogen and oxygen atoms in total. The average Bonchev–Trinajstić information content (AvgIpc) is 4.00. The first-order valence-corrected chi connectivity index (χ1v) is 22.3. The van der Waals surface area contributed by atoms with Crippen LogP contribution in [0.5, 0.6) is 0 Å². The molecule has 0 bridgehead atoms. The van der Waals surface area contributed by atoms with Crippen molar-refractivity contribution in [3.05, 3.63) is 231 Å². The summed E-state index contributed by atoms with van der Waals surface area (Å²) in [5.74, 6) is 0. The van der Waals surface area contributed by atoms with Crippen LogP contribution in [-0.2, 0) is 0 Å². The van der Waals surface area contributed by atoms with Crippen LogP contribution in [0.15, 0.2) is 225 Å². The van der Waals surface area contributed by atoms with Crippen LogP contribution in [0.25, 0.3) is 110 Å². The zero-order valence-corrected chi connectivity index (χ0v) is 35.7. The maximum absolute atomic E-state index is 4.18. The minimum atomic E-state index is 1.04. The Labute approximate surface area is 372 Å². The number of benzene rings is 8. The first-order chi connectivity index (χ1) is 31.7. The molecule has 0 saturated carbocycles. The van der Waals surface area contributed by atoms with Gasteiger partial charge in [0.1, 0.15) is 0 Å². The van der Waals surface area contributed by atoms with Gasteiger partial charge in [-0.05, 0) is 144 Å². The summed E-state index contributed by atoms with van der Waals surface area (Å²) in [7, 11) is 0. The van der Waals surface area contributed by atoms with Gasteiger partial charge in [-0.2, -0.15) is 0 Å². The topological polar surface area (TPSA) is 14.8 Å². The van der Waals surface area contributed by atoms with Gasteiger partial charge < -0.3 is 13.7 Å². The molecular formula is C61H45N3. The van der Waals surface area contributed by atoms with Gasteiger partial charge in [0.2, 0.25) is 0 Å². The van der Waals surface area contributed by atoms with Crippen LogP contribution in [0.3, 0.4) is 0 Å². The lowest BCUT2D eigenvalue weighted by atomic mass is 9.95. The minimum Gasteiger partial charge on any atom is -0.309 e. The standard InChI is InChI=1S/C61H45N3/c1-3-5-22-47(4-2)62-56-26-15-14-25-52(56)55-40-48(31-34-61(55)62)63-57-27-16-12-23-50(57)53-38-43(29-32-59(53)63)44-30-33-60-54(39-44)51-24-13-17-28-58(51)64(60)49-36-45(41-18-8-6-9-19-41)35-46(37-49)42-20-10-7-11-21-42/h3-6,8-10,12-40H,2,7,11H2,1H3/b5-3-,47-22+. The van der Waals surface area contributed by atoms with E-state index in [0.29, 0.717) is 0 Å². The quantitative estimate of drug-likeness (QED) is 0.136. The molecule has 0 aliphatic heterocycles. The van der Waals surface area contributed by atoms with Gasteiger partial charge in [0.25, 0.3) is 0 Å². The number of rotatable bonds is 8. The summed E-state index contributed by atoms with van der Waals surface area (Å²) in [6.45, 7) is 6.22. The van der Waals surface area contributed by atoms with Gasteiger partial charge in [-0.15, -0.1) is 0 Å². The molecule has 3 heteroatoms. The van der Waals surface area contributed by atoms with Crippen molar-refractivity contribution in [2.45, 2.75) is 19.8 Å². The molecule has 0 unspecified atom stereocenters. The third-order valence-electron chi connectivity index (χ3n) is 13.1. The zero-order valence-electron chi connectivity index (χ0n) is 35.7. The Balaban J connectivity index is 1.01. The normalized spacial score (nSPS) is 13.4. The van der Waals surface area contributed by atoms with Gasteiger partial charge in [0.15, 0.2) is 0 Å². The molecule has 1 aliphatic rings. The Hall–Kier alpha value is -8.14. The predicted octanol–water partition coefficient (Wildman–Crippen LogP) is 16.7. The van der Waals surface area contributed by atoms with Crippen LogP contribution in [0, 0.1) is 0 Å². The molecule has 12 rings (SSSR count). The molecule has 1 aliphatic carbocycles.